The zero-order chi connectivity index (χ0) is 15.5. The molecule has 1 aliphatic heterocycles. The zero-order valence-corrected chi connectivity index (χ0v) is 13.7. The van der Waals surface area contributed by atoms with Crippen molar-refractivity contribution in [1.82, 2.24) is 0 Å². The van der Waals surface area contributed by atoms with Gasteiger partial charge in [0.1, 0.15) is 24.8 Å². The van der Waals surface area contributed by atoms with Gasteiger partial charge in [-0.25, -0.2) is 4.39 Å². The number of ether oxygens (including phenoxy) is 2. The first-order valence-corrected chi connectivity index (χ1v) is 7.78. The molecule has 0 aromatic heterocycles. The van der Waals surface area contributed by atoms with Crippen molar-refractivity contribution in [3.05, 3.63) is 62.9 Å². The molecule has 3 nitrogen and oxygen atoms in total. The van der Waals surface area contributed by atoms with Crippen LogP contribution in [-0.2, 0) is 0 Å². The van der Waals surface area contributed by atoms with Crippen LogP contribution in [0.4, 0.5) is 4.39 Å². The summed E-state index contributed by atoms with van der Waals surface area (Å²) in [6.07, 6.45) is 1.69. The van der Waals surface area contributed by atoms with Gasteiger partial charge in [0.2, 0.25) is 5.78 Å². The summed E-state index contributed by atoms with van der Waals surface area (Å²) in [5.41, 5.74) is 1.40. The number of ketones is 1. The maximum absolute atomic E-state index is 12.3. The molecule has 0 amide bonds. The number of hydrogen-bond acceptors (Lipinski definition) is 3. The van der Waals surface area contributed by atoms with E-state index < -0.39 is 6.67 Å². The van der Waals surface area contributed by atoms with Gasteiger partial charge in [0, 0.05) is 3.57 Å². The average molecular weight is 408 g/mol. The van der Waals surface area contributed by atoms with E-state index in [9.17, 15) is 9.18 Å². The third-order valence-corrected chi connectivity index (χ3v) is 3.82. The van der Waals surface area contributed by atoms with Crippen molar-refractivity contribution in [2.24, 2.45) is 0 Å². The van der Waals surface area contributed by atoms with E-state index in [1.165, 1.54) is 0 Å². The second-order valence-corrected chi connectivity index (χ2v) is 5.93. The first-order chi connectivity index (χ1) is 10.7. The quantitative estimate of drug-likeness (QED) is 0.561. The van der Waals surface area contributed by atoms with Crippen LogP contribution in [-0.4, -0.2) is 19.1 Å². The van der Waals surface area contributed by atoms with Gasteiger partial charge in [0.05, 0.1) is 5.56 Å². The molecule has 5 heteroatoms. The van der Waals surface area contributed by atoms with Crippen LogP contribution in [0.5, 0.6) is 11.5 Å². The highest BCUT2D eigenvalue weighted by molar-refractivity contribution is 14.1. The topological polar surface area (TPSA) is 35.5 Å². The highest BCUT2D eigenvalue weighted by atomic mass is 125. The second kappa shape index (κ2) is 6.48. The minimum Gasteiger partial charge on any atom is -0.491 e. The van der Waals surface area contributed by atoms with Gasteiger partial charge in [-0.2, -0.15) is 0 Å². The van der Waals surface area contributed by atoms with Gasteiger partial charge in [-0.1, -0.05) is 12.1 Å². The Balaban J connectivity index is 1.80. The molecule has 112 valence electrons. The van der Waals surface area contributed by atoms with E-state index >= 15 is 0 Å². The number of rotatable bonds is 4. The first-order valence-electron chi connectivity index (χ1n) is 6.70. The molecule has 0 radical (unpaired) electrons. The summed E-state index contributed by atoms with van der Waals surface area (Å²) >= 11 is 2.16. The third-order valence-electron chi connectivity index (χ3n) is 3.15. The summed E-state index contributed by atoms with van der Waals surface area (Å²) in [5, 5.41) is 0. The Morgan fingerprint density at radius 2 is 1.95 bits per heavy atom. The van der Waals surface area contributed by atoms with Crippen molar-refractivity contribution in [3.63, 3.8) is 0 Å². The van der Waals surface area contributed by atoms with Gasteiger partial charge < -0.3 is 9.47 Å². The lowest BCUT2D eigenvalue weighted by Crippen LogP contribution is -1.99. The minimum atomic E-state index is -0.523. The predicted octanol–water partition coefficient (Wildman–Crippen LogP) is 4.26. The summed E-state index contributed by atoms with van der Waals surface area (Å²) in [5.74, 6) is 1.36. The van der Waals surface area contributed by atoms with E-state index in [0.717, 1.165) is 9.13 Å². The van der Waals surface area contributed by atoms with Gasteiger partial charge in [-0.15, -0.1) is 0 Å². The first kappa shape index (κ1) is 15.0. The molecule has 3 rings (SSSR count). The van der Waals surface area contributed by atoms with Crippen molar-refractivity contribution in [2.75, 3.05) is 13.3 Å². The van der Waals surface area contributed by atoms with Crippen molar-refractivity contribution in [1.29, 1.82) is 0 Å². The molecule has 2 aromatic rings. The fourth-order valence-corrected chi connectivity index (χ4v) is 2.62. The molecule has 2 aromatic carbocycles. The fraction of sp³-hybridized carbons (Fsp3) is 0.118. The Morgan fingerprint density at radius 3 is 2.68 bits per heavy atom. The number of benzene rings is 2. The standard InChI is InChI=1S/C17H12FIO3/c18-7-8-21-13-4-1-11(2-5-13)9-16-17(20)14-10-12(19)3-6-15(14)22-16/h1-6,9-10H,7-8H2/b16-9-/i19-2. The molecule has 0 aliphatic carbocycles. The van der Waals surface area contributed by atoms with Crippen LogP contribution in [0, 0.1) is 3.57 Å². The van der Waals surface area contributed by atoms with Crippen LogP contribution in [0.25, 0.3) is 6.08 Å². The molecular weight excluding hydrogens is 396 g/mol. The van der Waals surface area contributed by atoms with Crippen LogP contribution in [0.1, 0.15) is 15.9 Å². The van der Waals surface area contributed by atoms with Gasteiger partial charge >= 0.3 is 0 Å². The molecule has 0 fully saturated rings. The average Bonchev–Trinajstić information content (AvgIpc) is 2.83. The lowest BCUT2D eigenvalue weighted by atomic mass is 10.1. The molecule has 1 heterocycles. The molecular formula is C17H12FIO3. The van der Waals surface area contributed by atoms with E-state index in [-0.39, 0.29) is 12.4 Å². The smallest absolute Gasteiger partial charge is 0.232 e. The van der Waals surface area contributed by atoms with Gasteiger partial charge in [0.25, 0.3) is 0 Å². The number of carbonyl (C=O) groups is 1. The summed E-state index contributed by atoms with van der Waals surface area (Å²) < 4.78 is 23.8. The van der Waals surface area contributed by atoms with Crippen LogP contribution in [0.15, 0.2) is 48.2 Å². The molecule has 0 N–H and O–H groups in total. The number of alkyl halides is 1. The molecule has 0 saturated carbocycles. The number of Topliss-reactive ketones (excluding diaryl/α,β-unsaturated/α-hetero) is 1. The van der Waals surface area contributed by atoms with E-state index in [4.69, 9.17) is 9.47 Å². The Morgan fingerprint density at radius 1 is 1.18 bits per heavy atom. The zero-order valence-electron chi connectivity index (χ0n) is 11.5. The number of allylic oxidation sites excluding steroid dienone is 1. The highest BCUT2D eigenvalue weighted by Gasteiger charge is 2.27. The van der Waals surface area contributed by atoms with Crippen molar-refractivity contribution < 1.29 is 18.7 Å². The van der Waals surface area contributed by atoms with E-state index in [2.05, 4.69) is 22.6 Å². The maximum Gasteiger partial charge on any atom is 0.232 e. The molecule has 0 unspecified atom stereocenters. The molecule has 1 aliphatic rings. The summed E-state index contributed by atoms with van der Waals surface area (Å²) in [6, 6.07) is 12.6. The van der Waals surface area contributed by atoms with Gasteiger partial charge in [-0.05, 0) is 64.6 Å². The molecule has 0 bridgehead atoms. The van der Waals surface area contributed by atoms with Crippen LogP contribution >= 0.6 is 22.6 Å². The molecule has 0 atom stereocenters. The maximum atomic E-state index is 12.3. The van der Waals surface area contributed by atoms with Crippen molar-refractivity contribution in [3.8, 4) is 11.5 Å². The fourth-order valence-electron chi connectivity index (χ4n) is 2.13. The normalized spacial score (nSPS) is 14.8. The lowest BCUT2D eigenvalue weighted by Gasteiger charge is -2.03. The van der Waals surface area contributed by atoms with Gasteiger partial charge in [0.15, 0.2) is 5.76 Å². The minimum absolute atomic E-state index is 0.0377. The van der Waals surface area contributed by atoms with Crippen LogP contribution < -0.4 is 9.47 Å². The predicted molar refractivity (Wildman–Crippen MR) is 90.0 cm³/mol. The molecule has 0 saturated heterocycles. The Hall–Kier alpha value is -1.89. The lowest BCUT2D eigenvalue weighted by molar-refractivity contribution is 0.101. The SMILES string of the molecule is O=C1/C(=C/c2ccc(OCCF)cc2)Oc2ccc([125I])cc21. The van der Waals surface area contributed by atoms with Crippen LogP contribution in [0.2, 0.25) is 0 Å². The van der Waals surface area contributed by atoms with Gasteiger partial charge in [-0.3, -0.25) is 4.79 Å². The Labute approximate surface area is 140 Å². The summed E-state index contributed by atoms with van der Waals surface area (Å²) in [7, 11) is 0. The Bertz CT molecular complexity index is 738. The molecule has 22 heavy (non-hydrogen) atoms. The van der Waals surface area contributed by atoms with E-state index in [0.29, 0.717) is 22.8 Å². The van der Waals surface area contributed by atoms with Crippen LogP contribution in [0.3, 0.4) is 0 Å². The largest absolute Gasteiger partial charge is 0.491 e. The number of fused-ring (bicyclic) bond motifs is 1. The van der Waals surface area contributed by atoms with E-state index in [1.54, 1.807) is 36.4 Å². The third kappa shape index (κ3) is 3.14. The monoisotopic (exact) mass is 408 g/mol. The summed E-state index contributed by atoms with van der Waals surface area (Å²) in [6.45, 7) is -0.485. The van der Waals surface area contributed by atoms with Crippen molar-refractivity contribution >= 4 is 34.5 Å². The second-order valence-electron chi connectivity index (χ2n) is 4.69. The number of halogens is 2. The Kier molecular flexibility index (Phi) is 4.42. The number of hydrogen-bond donors (Lipinski definition) is 0. The summed E-state index contributed by atoms with van der Waals surface area (Å²) in [4.78, 5) is 12.3. The van der Waals surface area contributed by atoms with E-state index in [1.807, 2.05) is 12.1 Å². The van der Waals surface area contributed by atoms with Crippen molar-refractivity contribution in [2.45, 2.75) is 0 Å². The molecule has 0 spiro atoms. The number of carbonyl (C=O) groups excluding carboxylic acids is 1. The highest BCUT2D eigenvalue weighted by Crippen LogP contribution is 2.33.